The number of ether oxygens (including phenoxy) is 1. The zero-order valence-corrected chi connectivity index (χ0v) is 17.9. The van der Waals surface area contributed by atoms with Gasteiger partial charge < -0.3 is 15.0 Å². The minimum atomic E-state index is 0.0959. The van der Waals surface area contributed by atoms with Gasteiger partial charge in [0, 0.05) is 38.3 Å². The molecule has 0 saturated carbocycles. The van der Waals surface area contributed by atoms with Crippen LogP contribution in [-0.2, 0) is 4.79 Å². The lowest BCUT2D eigenvalue weighted by molar-refractivity contribution is -0.116. The summed E-state index contributed by atoms with van der Waals surface area (Å²) in [5.74, 6) is 1.49. The Morgan fingerprint density at radius 2 is 1.83 bits per heavy atom. The molecule has 0 unspecified atom stereocenters. The smallest absolute Gasteiger partial charge is 0.224 e. The molecule has 2 aromatic carbocycles. The fourth-order valence-electron chi connectivity index (χ4n) is 3.77. The minimum Gasteiger partial charge on any atom is -0.495 e. The summed E-state index contributed by atoms with van der Waals surface area (Å²) in [7, 11) is 1.72. The number of para-hydroxylation sites is 2. The van der Waals surface area contributed by atoms with Crippen LogP contribution in [-0.4, -0.2) is 50.6 Å². The van der Waals surface area contributed by atoms with Crippen molar-refractivity contribution >= 4 is 17.3 Å². The van der Waals surface area contributed by atoms with Crippen LogP contribution in [0.2, 0.25) is 0 Å². The fourth-order valence-corrected chi connectivity index (χ4v) is 3.77. The monoisotopic (exact) mass is 395 g/mol. The predicted octanol–water partition coefficient (Wildman–Crippen LogP) is 4.36. The van der Waals surface area contributed by atoms with Crippen LogP contribution < -0.4 is 15.0 Å². The summed E-state index contributed by atoms with van der Waals surface area (Å²) in [5.41, 5.74) is 3.31. The molecule has 1 fully saturated rings. The molecule has 1 amide bonds. The molecule has 2 aromatic rings. The second kappa shape index (κ2) is 10.3. The van der Waals surface area contributed by atoms with Crippen molar-refractivity contribution in [3.05, 3.63) is 54.1 Å². The van der Waals surface area contributed by atoms with E-state index < -0.39 is 0 Å². The van der Waals surface area contributed by atoms with Crippen molar-refractivity contribution < 1.29 is 9.53 Å². The van der Waals surface area contributed by atoms with Gasteiger partial charge in [-0.3, -0.25) is 9.69 Å². The zero-order chi connectivity index (χ0) is 20.6. The summed E-state index contributed by atoms with van der Waals surface area (Å²) in [6, 6.07) is 16.3. The molecule has 0 atom stereocenters. The average Bonchev–Trinajstić information content (AvgIpc) is 2.74. The van der Waals surface area contributed by atoms with Crippen LogP contribution in [0.5, 0.6) is 5.75 Å². The van der Waals surface area contributed by atoms with E-state index in [9.17, 15) is 4.79 Å². The zero-order valence-electron chi connectivity index (χ0n) is 17.9. The molecule has 0 radical (unpaired) electrons. The SMILES string of the molecule is COc1ccccc1N1CCN(CCCC(=O)Nc2cccc(C(C)C)c2)CC1. The third-order valence-corrected chi connectivity index (χ3v) is 5.51. The van der Waals surface area contributed by atoms with E-state index in [1.165, 1.54) is 5.56 Å². The molecule has 0 aliphatic carbocycles. The summed E-state index contributed by atoms with van der Waals surface area (Å²) in [5, 5.41) is 3.04. The molecule has 1 aliphatic heterocycles. The number of amides is 1. The number of hydrogen-bond acceptors (Lipinski definition) is 4. The Morgan fingerprint density at radius 1 is 1.07 bits per heavy atom. The van der Waals surface area contributed by atoms with E-state index in [0.717, 1.165) is 56.3 Å². The van der Waals surface area contributed by atoms with Gasteiger partial charge in [-0.2, -0.15) is 0 Å². The number of anilines is 2. The van der Waals surface area contributed by atoms with Gasteiger partial charge in [-0.25, -0.2) is 0 Å². The van der Waals surface area contributed by atoms with Gasteiger partial charge in [0.25, 0.3) is 0 Å². The Labute approximate surface area is 174 Å². The first kappa shape index (κ1) is 21.2. The van der Waals surface area contributed by atoms with Crippen molar-refractivity contribution in [3.8, 4) is 5.75 Å². The van der Waals surface area contributed by atoms with E-state index in [4.69, 9.17) is 4.74 Å². The van der Waals surface area contributed by atoms with Crippen LogP contribution in [0, 0.1) is 0 Å². The van der Waals surface area contributed by atoms with Crippen molar-refractivity contribution in [3.63, 3.8) is 0 Å². The molecule has 1 saturated heterocycles. The van der Waals surface area contributed by atoms with Crippen LogP contribution in [0.3, 0.4) is 0 Å². The fraction of sp³-hybridized carbons (Fsp3) is 0.458. The largest absolute Gasteiger partial charge is 0.495 e. The van der Waals surface area contributed by atoms with Crippen LogP contribution in [0.1, 0.15) is 38.2 Å². The Balaban J connectivity index is 1.39. The number of nitrogens with zero attached hydrogens (tertiary/aromatic N) is 2. The number of methoxy groups -OCH3 is 1. The number of carbonyl (C=O) groups is 1. The van der Waals surface area contributed by atoms with Crippen LogP contribution in [0.15, 0.2) is 48.5 Å². The minimum absolute atomic E-state index is 0.0959. The predicted molar refractivity (Wildman–Crippen MR) is 120 cm³/mol. The Hall–Kier alpha value is -2.53. The van der Waals surface area contributed by atoms with Gasteiger partial charge in [0.1, 0.15) is 5.75 Å². The molecule has 156 valence electrons. The van der Waals surface area contributed by atoms with E-state index in [1.807, 2.05) is 24.3 Å². The Morgan fingerprint density at radius 3 is 2.55 bits per heavy atom. The third-order valence-electron chi connectivity index (χ3n) is 5.51. The number of carbonyl (C=O) groups excluding carboxylic acids is 1. The normalized spacial score (nSPS) is 14.8. The van der Waals surface area contributed by atoms with Gasteiger partial charge in [0.15, 0.2) is 0 Å². The highest BCUT2D eigenvalue weighted by Crippen LogP contribution is 2.28. The highest BCUT2D eigenvalue weighted by Gasteiger charge is 2.19. The van der Waals surface area contributed by atoms with Gasteiger partial charge in [0.2, 0.25) is 5.91 Å². The molecule has 1 heterocycles. The molecule has 3 rings (SSSR count). The summed E-state index contributed by atoms with van der Waals surface area (Å²) in [6.45, 7) is 9.26. The number of piperazine rings is 1. The lowest BCUT2D eigenvalue weighted by atomic mass is 10.0. The number of nitrogens with one attached hydrogen (secondary N) is 1. The van der Waals surface area contributed by atoms with E-state index in [0.29, 0.717) is 12.3 Å². The molecule has 0 spiro atoms. The Bertz CT molecular complexity index is 798. The summed E-state index contributed by atoms with van der Waals surface area (Å²) < 4.78 is 5.49. The van der Waals surface area contributed by atoms with Crippen molar-refractivity contribution in [2.45, 2.75) is 32.6 Å². The number of hydrogen-bond donors (Lipinski definition) is 1. The molecular weight excluding hydrogens is 362 g/mol. The van der Waals surface area contributed by atoms with E-state index in [1.54, 1.807) is 7.11 Å². The molecule has 5 heteroatoms. The second-order valence-electron chi connectivity index (χ2n) is 7.93. The van der Waals surface area contributed by atoms with Gasteiger partial charge in [-0.05, 0) is 48.7 Å². The quantitative estimate of drug-likeness (QED) is 0.721. The third kappa shape index (κ3) is 5.97. The van der Waals surface area contributed by atoms with Gasteiger partial charge >= 0.3 is 0 Å². The standard InChI is InChI=1S/C24H33N3O2/c1-19(2)20-8-6-9-21(18-20)25-24(28)12-7-13-26-14-16-27(17-15-26)22-10-4-5-11-23(22)29-3/h4-6,8-11,18-19H,7,12-17H2,1-3H3,(H,25,28). The summed E-state index contributed by atoms with van der Waals surface area (Å²) in [6.07, 6.45) is 1.43. The molecule has 0 bridgehead atoms. The molecule has 29 heavy (non-hydrogen) atoms. The van der Waals surface area contributed by atoms with Crippen molar-refractivity contribution in [2.75, 3.05) is 50.1 Å². The van der Waals surface area contributed by atoms with E-state index in [-0.39, 0.29) is 5.91 Å². The van der Waals surface area contributed by atoms with Gasteiger partial charge in [0.05, 0.1) is 12.8 Å². The van der Waals surface area contributed by atoms with Crippen LogP contribution >= 0.6 is 0 Å². The first-order valence-corrected chi connectivity index (χ1v) is 10.6. The molecule has 1 aliphatic rings. The summed E-state index contributed by atoms with van der Waals surface area (Å²) in [4.78, 5) is 17.1. The lowest BCUT2D eigenvalue weighted by Crippen LogP contribution is -2.46. The highest BCUT2D eigenvalue weighted by molar-refractivity contribution is 5.90. The second-order valence-corrected chi connectivity index (χ2v) is 7.93. The average molecular weight is 396 g/mol. The van der Waals surface area contributed by atoms with Crippen molar-refractivity contribution in [1.82, 2.24) is 4.90 Å². The van der Waals surface area contributed by atoms with E-state index in [2.05, 4.69) is 53.2 Å². The van der Waals surface area contributed by atoms with Gasteiger partial charge in [-0.1, -0.05) is 38.1 Å². The maximum absolute atomic E-state index is 12.3. The Kier molecular flexibility index (Phi) is 7.53. The van der Waals surface area contributed by atoms with E-state index >= 15 is 0 Å². The van der Waals surface area contributed by atoms with Gasteiger partial charge in [-0.15, -0.1) is 0 Å². The maximum Gasteiger partial charge on any atom is 0.224 e. The van der Waals surface area contributed by atoms with Crippen LogP contribution in [0.25, 0.3) is 0 Å². The topological polar surface area (TPSA) is 44.8 Å². The molecule has 5 nitrogen and oxygen atoms in total. The molecular formula is C24H33N3O2. The molecule has 1 N–H and O–H groups in total. The molecule has 0 aromatic heterocycles. The summed E-state index contributed by atoms with van der Waals surface area (Å²) >= 11 is 0. The number of benzene rings is 2. The lowest BCUT2D eigenvalue weighted by Gasteiger charge is -2.36. The van der Waals surface area contributed by atoms with Crippen molar-refractivity contribution in [2.24, 2.45) is 0 Å². The highest BCUT2D eigenvalue weighted by atomic mass is 16.5. The van der Waals surface area contributed by atoms with Crippen LogP contribution in [0.4, 0.5) is 11.4 Å². The number of rotatable bonds is 8. The first-order chi connectivity index (χ1) is 14.1. The van der Waals surface area contributed by atoms with Crippen molar-refractivity contribution in [1.29, 1.82) is 0 Å². The maximum atomic E-state index is 12.3. The first-order valence-electron chi connectivity index (χ1n) is 10.6.